The summed E-state index contributed by atoms with van der Waals surface area (Å²) >= 11 is 0. The molecule has 1 aliphatic heterocycles. The summed E-state index contributed by atoms with van der Waals surface area (Å²) in [6.07, 6.45) is 7.73. The molecule has 1 aliphatic rings. The van der Waals surface area contributed by atoms with Gasteiger partial charge in [-0.2, -0.15) is 0 Å². The van der Waals surface area contributed by atoms with Crippen molar-refractivity contribution in [1.82, 2.24) is 19.9 Å². The van der Waals surface area contributed by atoms with Crippen molar-refractivity contribution >= 4 is 17.9 Å². The molecule has 3 heterocycles. The second-order valence-corrected chi connectivity index (χ2v) is 8.04. The third-order valence-corrected chi connectivity index (χ3v) is 5.47. The van der Waals surface area contributed by atoms with Crippen LogP contribution in [0.1, 0.15) is 24.5 Å². The third kappa shape index (κ3) is 5.85. The number of carbonyl (C=O) groups is 1. The van der Waals surface area contributed by atoms with E-state index in [4.69, 9.17) is 9.47 Å². The Kier molecular flexibility index (Phi) is 6.83. The van der Waals surface area contributed by atoms with Gasteiger partial charge < -0.3 is 14.4 Å². The molecule has 3 aromatic rings. The summed E-state index contributed by atoms with van der Waals surface area (Å²) in [5.74, 6) is 2.34. The van der Waals surface area contributed by atoms with Crippen LogP contribution in [0.25, 0.3) is 6.08 Å². The van der Waals surface area contributed by atoms with Gasteiger partial charge in [-0.05, 0) is 42.5 Å². The number of nitrogens with one attached hydrogen (secondary N) is 1. The van der Waals surface area contributed by atoms with Crippen LogP contribution in [0.15, 0.2) is 60.6 Å². The summed E-state index contributed by atoms with van der Waals surface area (Å²) in [6, 6.07) is 11.6. The van der Waals surface area contributed by atoms with Crippen molar-refractivity contribution in [3.05, 3.63) is 71.7 Å². The van der Waals surface area contributed by atoms with E-state index in [2.05, 4.69) is 39.3 Å². The fraction of sp³-hybridized carbons (Fsp3) is 0.280. The number of likely N-dealkylation sites (tertiary alicyclic amines) is 1. The standard InChI is InChI=1S/C25H27N5O3/c1-17-7-8-23(27-13-17)33-21-6-4-5-19(12-21)11-20-9-10-30(16-18(20)2)25(31)29-22-14-28-24(32-3)15-26-22/h4-8,11-15,18H,9-10,16H2,1-3H3,(H,26,29,31)/b20-11+. The number of hydrogen-bond donors (Lipinski definition) is 1. The van der Waals surface area contributed by atoms with Crippen molar-refractivity contribution in [2.45, 2.75) is 20.3 Å². The first kappa shape index (κ1) is 22.3. The molecule has 8 nitrogen and oxygen atoms in total. The minimum absolute atomic E-state index is 0.179. The topological polar surface area (TPSA) is 89.5 Å². The number of benzene rings is 1. The summed E-state index contributed by atoms with van der Waals surface area (Å²) in [5.41, 5.74) is 3.45. The second-order valence-electron chi connectivity index (χ2n) is 8.04. The third-order valence-electron chi connectivity index (χ3n) is 5.47. The quantitative estimate of drug-likeness (QED) is 0.598. The Morgan fingerprint density at radius 3 is 2.67 bits per heavy atom. The highest BCUT2D eigenvalue weighted by molar-refractivity contribution is 5.88. The smallest absolute Gasteiger partial charge is 0.323 e. The van der Waals surface area contributed by atoms with Crippen molar-refractivity contribution in [2.24, 2.45) is 5.92 Å². The number of carbonyl (C=O) groups excluding carboxylic acids is 1. The number of hydrogen-bond acceptors (Lipinski definition) is 6. The van der Waals surface area contributed by atoms with Crippen molar-refractivity contribution < 1.29 is 14.3 Å². The number of piperidine rings is 1. The summed E-state index contributed by atoms with van der Waals surface area (Å²) < 4.78 is 10.9. The van der Waals surface area contributed by atoms with Crippen LogP contribution in [0.4, 0.5) is 10.6 Å². The van der Waals surface area contributed by atoms with E-state index in [9.17, 15) is 4.79 Å². The molecule has 0 aliphatic carbocycles. The normalized spacial score (nSPS) is 17.0. The molecule has 1 N–H and O–H groups in total. The fourth-order valence-electron chi connectivity index (χ4n) is 3.64. The van der Waals surface area contributed by atoms with Crippen LogP contribution in [0, 0.1) is 12.8 Å². The summed E-state index contributed by atoms with van der Waals surface area (Å²) in [4.78, 5) is 27.0. The van der Waals surface area contributed by atoms with Crippen LogP contribution < -0.4 is 14.8 Å². The Morgan fingerprint density at radius 2 is 1.97 bits per heavy atom. The Bertz CT molecular complexity index is 1130. The lowest BCUT2D eigenvalue weighted by molar-refractivity contribution is 0.197. The number of urea groups is 1. The van der Waals surface area contributed by atoms with Crippen molar-refractivity contribution in [3.63, 3.8) is 0 Å². The zero-order chi connectivity index (χ0) is 23.2. The first-order chi connectivity index (χ1) is 16.0. The molecule has 1 aromatic carbocycles. The molecule has 2 aromatic heterocycles. The van der Waals surface area contributed by atoms with Gasteiger partial charge in [0.2, 0.25) is 11.8 Å². The van der Waals surface area contributed by atoms with E-state index in [-0.39, 0.29) is 11.9 Å². The molecule has 8 heteroatoms. The highest BCUT2D eigenvalue weighted by Gasteiger charge is 2.24. The number of amides is 2. The van der Waals surface area contributed by atoms with Gasteiger partial charge in [-0.3, -0.25) is 5.32 Å². The molecule has 4 rings (SSSR count). The molecule has 1 atom stereocenters. The van der Waals surface area contributed by atoms with E-state index in [1.165, 1.54) is 25.1 Å². The Balaban J connectivity index is 1.37. The molecule has 33 heavy (non-hydrogen) atoms. The average molecular weight is 446 g/mol. The number of pyridine rings is 1. The van der Waals surface area contributed by atoms with E-state index in [1.807, 2.05) is 37.3 Å². The van der Waals surface area contributed by atoms with Gasteiger partial charge in [0.1, 0.15) is 5.75 Å². The van der Waals surface area contributed by atoms with Crippen LogP contribution in [0.5, 0.6) is 17.5 Å². The Morgan fingerprint density at radius 1 is 1.12 bits per heavy atom. The zero-order valence-electron chi connectivity index (χ0n) is 19.0. The molecule has 0 radical (unpaired) electrons. The first-order valence-corrected chi connectivity index (χ1v) is 10.8. The van der Waals surface area contributed by atoms with E-state index in [0.717, 1.165) is 23.3 Å². The van der Waals surface area contributed by atoms with Crippen molar-refractivity contribution in [1.29, 1.82) is 0 Å². The number of nitrogens with zero attached hydrogens (tertiary/aromatic N) is 4. The molecule has 170 valence electrons. The number of anilines is 1. The van der Waals surface area contributed by atoms with Crippen LogP contribution in [-0.2, 0) is 0 Å². The highest BCUT2D eigenvalue weighted by Crippen LogP contribution is 2.27. The SMILES string of the molecule is COc1cnc(NC(=O)N2CC/C(=C\c3cccc(Oc4ccc(C)cn4)c3)C(C)C2)cn1. The molecule has 1 saturated heterocycles. The van der Waals surface area contributed by atoms with E-state index in [1.54, 1.807) is 11.1 Å². The van der Waals surface area contributed by atoms with Gasteiger partial charge in [0.15, 0.2) is 5.82 Å². The van der Waals surface area contributed by atoms with Gasteiger partial charge in [-0.15, -0.1) is 0 Å². The van der Waals surface area contributed by atoms with Crippen LogP contribution in [0.2, 0.25) is 0 Å². The molecule has 0 spiro atoms. The lowest BCUT2D eigenvalue weighted by atomic mass is 9.91. The summed E-state index contributed by atoms with van der Waals surface area (Å²) in [5, 5.41) is 2.80. The van der Waals surface area contributed by atoms with Gasteiger partial charge in [0.25, 0.3) is 0 Å². The Hall–Kier alpha value is -3.94. The number of methoxy groups -OCH3 is 1. The van der Waals surface area contributed by atoms with Gasteiger partial charge in [-0.25, -0.2) is 19.7 Å². The van der Waals surface area contributed by atoms with Gasteiger partial charge >= 0.3 is 6.03 Å². The molecule has 1 unspecified atom stereocenters. The highest BCUT2D eigenvalue weighted by atomic mass is 16.5. The van der Waals surface area contributed by atoms with E-state index < -0.39 is 0 Å². The lowest BCUT2D eigenvalue weighted by Crippen LogP contribution is -2.42. The monoisotopic (exact) mass is 445 g/mol. The summed E-state index contributed by atoms with van der Waals surface area (Å²) in [7, 11) is 1.52. The van der Waals surface area contributed by atoms with Crippen molar-refractivity contribution in [3.8, 4) is 17.5 Å². The predicted octanol–water partition coefficient (Wildman–Crippen LogP) is 4.94. The van der Waals surface area contributed by atoms with Gasteiger partial charge in [0.05, 0.1) is 19.5 Å². The summed E-state index contributed by atoms with van der Waals surface area (Å²) in [6.45, 7) is 5.39. The van der Waals surface area contributed by atoms with E-state index in [0.29, 0.717) is 30.7 Å². The number of rotatable bonds is 5. The Labute approximate surface area is 193 Å². The maximum absolute atomic E-state index is 12.6. The van der Waals surface area contributed by atoms with E-state index >= 15 is 0 Å². The van der Waals surface area contributed by atoms with Gasteiger partial charge in [-0.1, -0.05) is 36.8 Å². The van der Waals surface area contributed by atoms with Crippen molar-refractivity contribution in [2.75, 3.05) is 25.5 Å². The zero-order valence-corrected chi connectivity index (χ0v) is 19.0. The number of aromatic nitrogens is 3. The maximum atomic E-state index is 12.6. The van der Waals surface area contributed by atoms with Crippen LogP contribution in [0.3, 0.4) is 0 Å². The van der Waals surface area contributed by atoms with Crippen LogP contribution >= 0.6 is 0 Å². The minimum Gasteiger partial charge on any atom is -0.480 e. The molecule has 0 bridgehead atoms. The number of aryl methyl sites for hydroxylation is 1. The predicted molar refractivity (Wildman–Crippen MR) is 126 cm³/mol. The van der Waals surface area contributed by atoms with Crippen LogP contribution in [-0.4, -0.2) is 46.1 Å². The minimum atomic E-state index is -0.179. The second kappa shape index (κ2) is 10.1. The molecular formula is C25H27N5O3. The molecule has 1 fully saturated rings. The maximum Gasteiger partial charge on any atom is 0.323 e. The molecule has 2 amide bonds. The fourth-order valence-corrected chi connectivity index (χ4v) is 3.64. The largest absolute Gasteiger partial charge is 0.480 e. The lowest BCUT2D eigenvalue weighted by Gasteiger charge is -2.33. The van der Waals surface area contributed by atoms with Gasteiger partial charge in [0, 0.05) is 25.4 Å². The molecule has 0 saturated carbocycles. The molecular weight excluding hydrogens is 418 g/mol. The number of ether oxygens (including phenoxy) is 2. The average Bonchev–Trinajstić information content (AvgIpc) is 2.82. The first-order valence-electron chi connectivity index (χ1n) is 10.8.